The molecule has 0 aliphatic heterocycles. The zero-order valence-electron chi connectivity index (χ0n) is 11.7. The van der Waals surface area contributed by atoms with Crippen molar-refractivity contribution in [3.05, 3.63) is 53.6 Å². The van der Waals surface area contributed by atoms with Crippen molar-refractivity contribution in [2.45, 2.75) is 26.7 Å². The van der Waals surface area contributed by atoms with Crippen LogP contribution in [0.3, 0.4) is 0 Å². The Bertz CT molecular complexity index is 567. The van der Waals surface area contributed by atoms with E-state index in [2.05, 4.69) is 13.8 Å². The Labute approximate surface area is 120 Å². The molecule has 0 heterocycles. The van der Waals surface area contributed by atoms with Crippen LogP contribution in [0.15, 0.2) is 42.5 Å². The Morgan fingerprint density at radius 3 is 2.20 bits per heavy atom. The molecule has 2 N–H and O–H groups in total. The van der Waals surface area contributed by atoms with Crippen molar-refractivity contribution in [2.75, 3.05) is 0 Å². The van der Waals surface area contributed by atoms with Gasteiger partial charge in [-0.1, -0.05) is 50.2 Å². The molecular formula is C16H19O3P. The molecule has 0 spiro atoms. The highest BCUT2D eigenvalue weighted by Crippen LogP contribution is 2.40. The molecule has 0 aliphatic rings. The molecule has 2 aromatic carbocycles. The third-order valence-corrected chi connectivity index (χ3v) is 3.71. The van der Waals surface area contributed by atoms with E-state index in [0.717, 1.165) is 24.0 Å². The summed E-state index contributed by atoms with van der Waals surface area (Å²) in [5, 5.41) is 0. The van der Waals surface area contributed by atoms with E-state index in [1.54, 1.807) is 0 Å². The molecule has 0 fully saturated rings. The number of aryl methyl sites for hydroxylation is 1. The van der Waals surface area contributed by atoms with Crippen LogP contribution in [0.2, 0.25) is 0 Å². The maximum Gasteiger partial charge on any atom is 0.391 e. The lowest BCUT2D eigenvalue weighted by Crippen LogP contribution is -1.99. The molecule has 0 bridgehead atoms. The normalized spacial score (nSPS) is 10.8. The largest absolute Gasteiger partial charge is 0.426 e. The van der Waals surface area contributed by atoms with Gasteiger partial charge in [-0.25, -0.2) is 0 Å². The van der Waals surface area contributed by atoms with E-state index in [-0.39, 0.29) is 0 Å². The average molecular weight is 290 g/mol. The van der Waals surface area contributed by atoms with Crippen molar-refractivity contribution in [1.29, 1.82) is 0 Å². The zero-order chi connectivity index (χ0) is 14.5. The number of benzene rings is 2. The van der Waals surface area contributed by atoms with Crippen LogP contribution in [0.4, 0.5) is 0 Å². The summed E-state index contributed by atoms with van der Waals surface area (Å²) in [6, 6.07) is 13.7. The lowest BCUT2D eigenvalue weighted by Gasteiger charge is -2.18. The van der Waals surface area contributed by atoms with Crippen LogP contribution in [0.25, 0.3) is 11.1 Å². The number of hydrogen-bond donors (Lipinski definition) is 2. The predicted octanol–water partition coefficient (Wildman–Crippen LogP) is 4.07. The van der Waals surface area contributed by atoms with Crippen LogP contribution < -0.4 is 4.52 Å². The molecule has 2 aromatic rings. The lowest BCUT2D eigenvalue weighted by atomic mass is 9.92. The van der Waals surface area contributed by atoms with Crippen molar-refractivity contribution < 1.29 is 14.3 Å². The third kappa shape index (κ3) is 3.18. The number of hydrogen-bond acceptors (Lipinski definition) is 3. The molecule has 0 aromatic heterocycles. The van der Waals surface area contributed by atoms with Crippen molar-refractivity contribution in [2.24, 2.45) is 0 Å². The fourth-order valence-electron chi connectivity index (χ4n) is 2.49. The van der Waals surface area contributed by atoms with Gasteiger partial charge in [0, 0.05) is 5.56 Å². The quantitative estimate of drug-likeness (QED) is 0.816. The van der Waals surface area contributed by atoms with E-state index >= 15 is 0 Å². The average Bonchev–Trinajstić information content (AvgIpc) is 2.47. The molecule has 0 radical (unpaired) electrons. The summed E-state index contributed by atoms with van der Waals surface area (Å²) in [5.41, 5.74) is 4.46. The Balaban J connectivity index is 2.65. The van der Waals surface area contributed by atoms with Gasteiger partial charge in [-0.15, -0.1) is 0 Å². The monoisotopic (exact) mass is 290 g/mol. The molecule has 20 heavy (non-hydrogen) atoms. The van der Waals surface area contributed by atoms with Crippen LogP contribution in [0, 0.1) is 0 Å². The van der Waals surface area contributed by atoms with Gasteiger partial charge in [-0.2, -0.15) is 0 Å². The highest BCUT2D eigenvalue weighted by Gasteiger charge is 2.16. The fourth-order valence-corrected chi connectivity index (χ4v) is 2.82. The molecule has 0 saturated heterocycles. The van der Waals surface area contributed by atoms with E-state index in [1.807, 2.05) is 42.5 Å². The second kappa shape index (κ2) is 6.85. The standard InChI is InChI=1S/C16H19O3P/c1-3-12-10-11-15(19-20(17)18)16(14(12)4-2)13-8-6-5-7-9-13/h5-11,17-18H,3-4H2,1-2H3. The lowest BCUT2D eigenvalue weighted by molar-refractivity contribution is 0.375. The van der Waals surface area contributed by atoms with Gasteiger partial charge in [0.2, 0.25) is 0 Å². The van der Waals surface area contributed by atoms with Gasteiger partial charge in [0.15, 0.2) is 0 Å². The van der Waals surface area contributed by atoms with Gasteiger partial charge < -0.3 is 14.3 Å². The molecule has 0 atom stereocenters. The van der Waals surface area contributed by atoms with Gasteiger partial charge in [0.25, 0.3) is 0 Å². The van der Waals surface area contributed by atoms with Gasteiger partial charge >= 0.3 is 8.60 Å². The number of rotatable bonds is 5. The van der Waals surface area contributed by atoms with E-state index in [1.165, 1.54) is 11.1 Å². The first-order valence-electron chi connectivity index (χ1n) is 6.73. The van der Waals surface area contributed by atoms with Gasteiger partial charge in [0.1, 0.15) is 5.75 Å². The van der Waals surface area contributed by atoms with Gasteiger partial charge in [-0.3, -0.25) is 0 Å². The molecule has 3 nitrogen and oxygen atoms in total. The van der Waals surface area contributed by atoms with E-state index in [9.17, 15) is 0 Å². The summed E-state index contributed by atoms with van der Waals surface area (Å²) in [4.78, 5) is 18.3. The molecule has 0 amide bonds. The smallest absolute Gasteiger partial charge is 0.391 e. The van der Waals surface area contributed by atoms with Crippen molar-refractivity contribution in [1.82, 2.24) is 0 Å². The fraction of sp³-hybridized carbons (Fsp3) is 0.250. The maximum absolute atomic E-state index is 9.17. The molecule has 106 valence electrons. The molecule has 0 unspecified atom stereocenters. The summed E-state index contributed by atoms with van der Waals surface area (Å²) >= 11 is 0. The second-order valence-corrected chi connectivity index (χ2v) is 5.18. The van der Waals surface area contributed by atoms with Crippen LogP contribution in [-0.2, 0) is 12.8 Å². The Morgan fingerprint density at radius 1 is 0.950 bits per heavy atom. The van der Waals surface area contributed by atoms with Crippen LogP contribution in [0.1, 0.15) is 25.0 Å². The first-order chi connectivity index (χ1) is 9.67. The molecule has 2 rings (SSSR count). The highest BCUT2D eigenvalue weighted by atomic mass is 31.2. The first-order valence-corrected chi connectivity index (χ1v) is 7.89. The molecule has 0 aliphatic carbocycles. The summed E-state index contributed by atoms with van der Waals surface area (Å²) in [6.07, 6.45) is 1.82. The van der Waals surface area contributed by atoms with E-state index < -0.39 is 8.60 Å². The van der Waals surface area contributed by atoms with Crippen LogP contribution >= 0.6 is 8.60 Å². The summed E-state index contributed by atoms with van der Waals surface area (Å²) < 4.78 is 5.22. The second-order valence-electron chi connectivity index (χ2n) is 4.49. The van der Waals surface area contributed by atoms with Crippen molar-refractivity contribution in [3.63, 3.8) is 0 Å². The molecule has 0 saturated carbocycles. The summed E-state index contributed by atoms with van der Waals surface area (Å²) in [7, 11) is -2.41. The van der Waals surface area contributed by atoms with Gasteiger partial charge in [0.05, 0.1) is 0 Å². The Hall–Kier alpha value is -1.41. The summed E-state index contributed by atoms with van der Waals surface area (Å²) in [6.45, 7) is 4.22. The Morgan fingerprint density at radius 2 is 1.65 bits per heavy atom. The maximum atomic E-state index is 9.17. The summed E-state index contributed by atoms with van der Waals surface area (Å²) in [5.74, 6) is 0.529. The van der Waals surface area contributed by atoms with Gasteiger partial charge in [-0.05, 0) is 35.6 Å². The minimum atomic E-state index is -2.41. The topological polar surface area (TPSA) is 49.7 Å². The van der Waals surface area contributed by atoms with Crippen LogP contribution in [0.5, 0.6) is 5.75 Å². The third-order valence-electron chi connectivity index (χ3n) is 3.35. The van der Waals surface area contributed by atoms with E-state index in [4.69, 9.17) is 14.3 Å². The van der Waals surface area contributed by atoms with E-state index in [0.29, 0.717) is 5.75 Å². The van der Waals surface area contributed by atoms with Crippen LogP contribution in [-0.4, -0.2) is 9.79 Å². The zero-order valence-corrected chi connectivity index (χ0v) is 12.6. The molecule has 4 heteroatoms. The van der Waals surface area contributed by atoms with Crippen molar-refractivity contribution in [3.8, 4) is 16.9 Å². The Kier molecular flexibility index (Phi) is 5.13. The SMILES string of the molecule is CCc1ccc(OP(O)O)c(-c2ccccc2)c1CC. The highest BCUT2D eigenvalue weighted by molar-refractivity contribution is 7.39. The minimum Gasteiger partial charge on any atom is -0.426 e. The predicted molar refractivity (Wildman–Crippen MR) is 82.6 cm³/mol. The first kappa shape index (κ1) is 15.0. The molecular weight excluding hydrogens is 271 g/mol. The van der Waals surface area contributed by atoms with Crippen molar-refractivity contribution >= 4 is 8.60 Å². The minimum absolute atomic E-state index is 0.529.